The molecule has 0 spiro atoms. The minimum Gasteiger partial charge on any atom is -0.338 e. The highest BCUT2D eigenvalue weighted by Crippen LogP contribution is 1.93. The van der Waals surface area contributed by atoms with E-state index in [0.717, 1.165) is 5.56 Å². The lowest BCUT2D eigenvalue weighted by Gasteiger charge is -2.04. The van der Waals surface area contributed by atoms with E-state index in [1.165, 1.54) is 0 Å². The predicted molar refractivity (Wildman–Crippen MR) is 48.8 cm³/mol. The first-order chi connectivity index (χ1) is 6.33. The summed E-state index contributed by atoms with van der Waals surface area (Å²) in [6.45, 7) is 5.74. The summed E-state index contributed by atoms with van der Waals surface area (Å²) in [7, 11) is 0. The largest absolute Gasteiger partial charge is 0.338 e. The summed E-state index contributed by atoms with van der Waals surface area (Å²) >= 11 is 0. The number of carbonyl (C=O) groups is 1. The summed E-state index contributed by atoms with van der Waals surface area (Å²) in [5.41, 5.74) is 1.00. The van der Waals surface area contributed by atoms with Crippen LogP contribution in [0.15, 0.2) is 24.5 Å². The zero-order valence-electron chi connectivity index (χ0n) is 7.16. The lowest BCUT2D eigenvalue weighted by molar-refractivity contribution is 0.241. The molecule has 0 bridgehead atoms. The quantitative estimate of drug-likeness (QED) is 0.710. The molecule has 2 amide bonds. The van der Waals surface area contributed by atoms with Crippen molar-refractivity contribution in [3.05, 3.63) is 37.0 Å². The van der Waals surface area contributed by atoms with E-state index in [4.69, 9.17) is 6.92 Å². The van der Waals surface area contributed by atoms with Crippen molar-refractivity contribution in [3.63, 3.8) is 0 Å². The Balaban J connectivity index is 2.31. The highest BCUT2D eigenvalue weighted by atomic mass is 16.2. The third kappa shape index (κ3) is 3.55. The number of aromatic nitrogens is 1. The van der Waals surface area contributed by atoms with Crippen molar-refractivity contribution < 1.29 is 4.79 Å². The van der Waals surface area contributed by atoms with Crippen LogP contribution in [0.1, 0.15) is 5.56 Å². The molecule has 4 heteroatoms. The van der Waals surface area contributed by atoms with Crippen LogP contribution >= 0.6 is 0 Å². The molecular formula is C9H11N3O. The van der Waals surface area contributed by atoms with Gasteiger partial charge >= 0.3 is 6.03 Å². The fourth-order valence-electron chi connectivity index (χ4n) is 0.838. The summed E-state index contributed by atoms with van der Waals surface area (Å²) in [5.74, 6) is 0. The van der Waals surface area contributed by atoms with Gasteiger partial charge in [-0.3, -0.25) is 4.98 Å². The molecule has 0 atom stereocenters. The first-order valence-corrected chi connectivity index (χ1v) is 3.93. The summed E-state index contributed by atoms with van der Waals surface area (Å²) in [5, 5.41) is 5.07. The van der Waals surface area contributed by atoms with Crippen molar-refractivity contribution in [2.45, 2.75) is 6.54 Å². The molecule has 1 heterocycles. The first kappa shape index (κ1) is 9.51. The van der Waals surface area contributed by atoms with Gasteiger partial charge < -0.3 is 10.6 Å². The van der Waals surface area contributed by atoms with E-state index in [2.05, 4.69) is 15.6 Å². The fraction of sp³-hybridized carbons (Fsp3) is 0.222. The van der Waals surface area contributed by atoms with Gasteiger partial charge in [0.25, 0.3) is 0 Å². The molecule has 1 aromatic rings. The van der Waals surface area contributed by atoms with Crippen LogP contribution in [-0.4, -0.2) is 17.6 Å². The van der Waals surface area contributed by atoms with E-state index < -0.39 is 0 Å². The lowest BCUT2D eigenvalue weighted by Crippen LogP contribution is -2.34. The molecule has 2 N–H and O–H groups in total. The van der Waals surface area contributed by atoms with Crippen LogP contribution in [0.5, 0.6) is 0 Å². The molecule has 13 heavy (non-hydrogen) atoms. The van der Waals surface area contributed by atoms with Gasteiger partial charge in [0.15, 0.2) is 0 Å². The number of rotatable bonds is 3. The minimum atomic E-state index is -0.265. The van der Waals surface area contributed by atoms with Gasteiger partial charge in [0.05, 0.1) is 0 Å². The zero-order valence-corrected chi connectivity index (χ0v) is 7.16. The highest BCUT2D eigenvalue weighted by Gasteiger charge is 1.96. The lowest BCUT2D eigenvalue weighted by atomic mass is 10.3. The van der Waals surface area contributed by atoms with Crippen LogP contribution in [0.4, 0.5) is 4.79 Å². The van der Waals surface area contributed by atoms with Crippen molar-refractivity contribution in [2.24, 2.45) is 0 Å². The molecule has 1 rings (SSSR count). The molecule has 68 valence electrons. The average molecular weight is 177 g/mol. The monoisotopic (exact) mass is 177 g/mol. The number of carbonyl (C=O) groups excluding carboxylic acids is 1. The van der Waals surface area contributed by atoms with Gasteiger partial charge in [0.1, 0.15) is 0 Å². The molecule has 0 fully saturated rings. The molecule has 0 aliphatic carbocycles. The molecule has 0 aromatic carbocycles. The van der Waals surface area contributed by atoms with E-state index in [-0.39, 0.29) is 12.6 Å². The number of hydrogen-bond donors (Lipinski definition) is 2. The maximum absolute atomic E-state index is 10.9. The molecule has 0 aliphatic heterocycles. The van der Waals surface area contributed by atoms with Crippen LogP contribution in [-0.2, 0) is 6.54 Å². The van der Waals surface area contributed by atoms with Gasteiger partial charge in [0, 0.05) is 25.5 Å². The normalized spacial score (nSPS) is 9.31. The maximum atomic E-state index is 10.9. The van der Waals surface area contributed by atoms with Crippen LogP contribution in [0.3, 0.4) is 0 Å². The summed E-state index contributed by atoms with van der Waals surface area (Å²) in [4.78, 5) is 14.8. The van der Waals surface area contributed by atoms with Gasteiger partial charge in [-0.1, -0.05) is 0 Å². The zero-order chi connectivity index (χ0) is 9.52. The van der Waals surface area contributed by atoms with E-state index in [1.54, 1.807) is 12.4 Å². The Morgan fingerprint density at radius 2 is 2.08 bits per heavy atom. The van der Waals surface area contributed by atoms with E-state index in [0.29, 0.717) is 6.54 Å². The SMILES string of the molecule is [CH]CNC(=O)NCc1ccncc1. The summed E-state index contributed by atoms with van der Waals surface area (Å²) in [6.07, 6.45) is 3.36. The third-order valence-corrected chi connectivity index (χ3v) is 1.47. The van der Waals surface area contributed by atoms with Gasteiger partial charge in [-0.25, -0.2) is 4.79 Å². The topological polar surface area (TPSA) is 54.0 Å². The standard InChI is InChI=1S/C9H11N3O/c1-2-11-9(13)12-7-8-3-5-10-6-4-8/h1,3-6H,2,7H2,(H2,11,12,13). The Hall–Kier alpha value is -1.58. The number of nitrogens with zero attached hydrogens (tertiary/aromatic N) is 1. The molecule has 0 aliphatic rings. The van der Waals surface area contributed by atoms with Crippen molar-refractivity contribution in [1.29, 1.82) is 0 Å². The maximum Gasteiger partial charge on any atom is 0.315 e. The summed E-state index contributed by atoms with van der Waals surface area (Å²) in [6, 6.07) is 3.41. The molecule has 4 nitrogen and oxygen atoms in total. The Morgan fingerprint density at radius 1 is 1.38 bits per heavy atom. The van der Waals surface area contributed by atoms with Crippen LogP contribution in [0.2, 0.25) is 0 Å². The number of nitrogens with one attached hydrogen (secondary N) is 2. The summed E-state index contributed by atoms with van der Waals surface area (Å²) < 4.78 is 0. The Bertz CT molecular complexity index is 261. The minimum absolute atomic E-state index is 0.141. The predicted octanol–water partition coefficient (Wildman–Crippen LogP) is 0.592. The second kappa shape index (κ2) is 5.13. The van der Waals surface area contributed by atoms with Gasteiger partial charge in [0.2, 0.25) is 0 Å². The van der Waals surface area contributed by atoms with Crippen molar-refractivity contribution in [2.75, 3.05) is 6.54 Å². The van der Waals surface area contributed by atoms with E-state index >= 15 is 0 Å². The van der Waals surface area contributed by atoms with Crippen LogP contribution in [0.25, 0.3) is 0 Å². The molecule has 1 aromatic heterocycles. The van der Waals surface area contributed by atoms with E-state index in [1.807, 2.05) is 12.1 Å². The first-order valence-electron chi connectivity index (χ1n) is 3.93. The number of urea groups is 1. The second-order valence-corrected chi connectivity index (χ2v) is 2.42. The molecule has 0 saturated heterocycles. The van der Waals surface area contributed by atoms with Crippen molar-refractivity contribution >= 4 is 6.03 Å². The Kier molecular flexibility index (Phi) is 3.75. The second-order valence-electron chi connectivity index (χ2n) is 2.42. The van der Waals surface area contributed by atoms with Gasteiger partial charge in [-0.15, -0.1) is 0 Å². The van der Waals surface area contributed by atoms with Gasteiger partial charge in [-0.05, 0) is 24.6 Å². The van der Waals surface area contributed by atoms with E-state index in [9.17, 15) is 4.79 Å². The number of amides is 2. The fourth-order valence-corrected chi connectivity index (χ4v) is 0.838. The van der Waals surface area contributed by atoms with Crippen molar-refractivity contribution in [1.82, 2.24) is 15.6 Å². The molecule has 2 radical (unpaired) electrons. The molecule has 0 saturated carbocycles. The Morgan fingerprint density at radius 3 is 2.69 bits per heavy atom. The number of pyridine rings is 1. The molecular weight excluding hydrogens is 166 g/mol. The smallest absolute Gasteiger partial charge is 0.315 e. The third-order valence-electron chi connectivity index (χ3n) is 1.47. The van der Waals surface area contributed by atoms with Crippen LogP contribution in [0, 0.1) is 6.92 Å². The van der Waals surface area contributed by atoms with Crippen LogP contribution < -0.4 is 10.6 Å². The Labute approximate surface area is 77.4 Å². The number of hydrogen-bond acceptors (Lipinski definition) is 2. The highest BCUT2D eigenvalue weighted by molar-refractivity contribution is 5.73. The van der Waals surface area contributed by atoms with Crippen molar-refractivity contribution in [3.8, 4) is 0 Å². The molecule has 0 unspecified atom stereocenters. The average Bonchev–Trinajstić information content (AvgIpc) is 2.17. The van der Waals surface area contributed by atoms with Gasteiger partial charge in [-0.2, -0.15) is 0 Å².